The van der Waals surface area contributed by atoms with Crippen molar-refractivity contribution in [2.75, 3.05) is 19.6 Å². The van der Waals surface area contributed by atoms with Gasteiger partial charge in [-0.05, 0) is 44.4 Å². The highest BCUT2D eigenvalue weighted by Gasteiger charge is 2.28. The molecule has 0 radical (unpaired) electrons. The lowest BCUT2D eigenvalue weighted by Crippen LogP contribution is -2.43. The standard InChI is InChI=1S/C26H28N6O3/c1-16-6-4-5-7-20(16)25(34)27-15-23(33)32-12-10-18(11-13-32)26-28-24(30-35-26)19-8-9-21-17(2)29-31(3)22(21)14-19/h4-9,14,18H,10-13,15H2,1-3H3,(H,27,34). The van der Waals surface area contributed by atoms with Crippen LogP contribution in [0.5, 0.6) is 0 Å². The quantitative estimate of drug-likeness (QED) is 0.477. The van der Waals surface area contributed by atoms with Crippen LogP contribution >= 0.6 is 0 Å². The zero-order chi connectivity index (χ0) is 24.5. The van der Waals surface area contributed by atoms with E-state index in [9.17, 15) is 9.59 Å². The van der Waals surface area contributed by atoms with Gasteiger partial charge in [-0.15, -0.1) is 0 Å². The Bertz CT molecular complexity index is 1400. The van der Waals surface area contributed by atoms with E-state index in [4.69, 9.17) is 4.52 Å². The number of benzene rings is 2. The average molecular weight is 473 g/mol. The van der Waals surface area contributed by atoms with Crippen molar-refractivity contribution in [3.05, 3.63) is 65.2 Å². The molecule has 35 heavy (non-hydrogen) atoms. The zero-order valence-electron chi connectivity index (χ0n) is 20.1. The molecule has 3 heterocycles. The lowest BCUT2D eigenvalue weighted by molar-refractivity contribution is -0.131. The predicted octanol–water partition coefficient (Wildman–Crippen LogP) is 3.38. The van der Waals surface area contributed by atoms with Crippen LogP contribution in [0.1, 0.15) is 46.3 Å². The maximum atomic E-state index is 12.6. The average Bonchev–Trinajstić information content (AvgIpc) is 3.47. The predicted molar refractivity (Wildman–Crippen MR) is 131 cm³/mol. The molecule has 9 nitrogen and oxygen atoms in total. The van der Waals surface area contributed by atoms with Gasteiger partial charge in [0.25, 0.3) is 5.91 Å². The fourth-order valence-electron chi connectivity index (χ4n) is 4.66. The Morgan fingerprint density at radius 1 is 1.11 bits per heavy atom. The first kappa shape index (κ1) is 22.8. The molecular weight excluding hydrogens is 444 g/mol. The Morgan fingerprint density at radius 2 is 1.89 bits per heavy atom. The molecular formula is C26H28N6O3. The number of aromatic nitrogens is 4. The lowest BCUT2D eigenvalue weighted by Gasteiger charge is -2.30. The second-order valence-corrected chi connectivity index (χ2v) is 9.05. The van der Waals surface area contributed by atoms with Crippen LogP contribution in [0.3, 0.4) is 0 Å². The Kier molecular flexibility index (Phi) is 6.07. The van der Waals surface area contributed by atoms with Crippen LogP contribution in [0.15, 0.2) is 47.0 Å². The lowest BCUT2D eigenvalue weighted by atomic mass is 9.96. The molecule has 1 aliphatic rings. The van der Waals surface area contributed by atoms with E-state index in [1.165, 1.54) is 0 Å². The molecule has 0 aliphatic carbocycles. The van der Waals surface area contributed by atoms with E-state index in [2.05, 4.69) is 20.6 Å². The van der Waals surface area contributed by atoms with Gasteiger partial charge in [0.15, 0.2) is 0 Å². The Hall–Kier alpha value is -4.01. The fourth-order valence-corrected chi connectivity index (χ4v) is 4.66. The second-order valence-electron chi connectivity index (χ2n) is 9.05. The number of likely N-dealkylation sites (tertiary alicyclic amines) is 1. The maximum absolute atomic E-state index is 12.6. The molecule has 180 valence electrons. The molecule has 0 bridgehead atoms. The van der Waals surface area contributed by atoms with Gasteiger partial charge in [-0.2, -0.15) is 10.1 Å². The van der Waals surface area contributed by atoms with Crippen molar-refractivity contribution in [2.24, 2.45) is 7.05 Å². The van der Waals surface area contributed by atoms with Crippen molar-refractivity contribution < 1.29 is 14.1 Å². The molecule has 9 heteroatoms. The van der Waals surface area contributed by atoms with Crippen LogP contribution in [0.4, 0.5) is 0 Å². The molecule has 0 unspecified atom stereocenters. The number of piperidine rings is 1. The van der Waals surface area contributed by atoms with Crippen LogP contribution in [0.2, 0.25) is 0 Å². The fraction of sp³-hybridized carbons (Fsp3) is 0.346. The first-order valence-electron chi connectivity index (χ1n) is 11.8. The molecule has 0 saturated carbocycles. The number of fused-ring (bicyclic) bond motifs is 1. The van der Waals surface area contributed by atoms with Gasteiger partial charge in [-0.25, -0.2) is 0 Å². The van der Waals surface area contributed by atoms with E-state index in [0.717, 1.165) is 40.6 Å². The van der Waals surface area contributed by atoms with Gasteiger partial charge in [0.2, 0.25) is 17.6 Å². The first-order chi connectivity index (χ1) is 16.9. The molecule has 1 aliphatic heterocycles. The summed E-state index contributed by atoms with van der Waals surface area (Å²) in [6.07, 6.45) is 1.47. The molecule has 1 saturated heterocycles. The van der Waals surface area contributed by atoms with Crippen LogP contribution in [-0.4, -0.2) is 56.3 Å². The van der Waals surface area contributed by atoms with Gasteiger partial charge in [-0.1, -0.05) is 35.5 Å². The monoisotopic (exact) mass is 472 g/mol. The largest absolute Gasteiger partial charge is 0.343 e. The number of nitrogens with one attached hydrogen (secondary N) is 1. The summed E-state index contributed by atoms with van der Waals surface area (Å²) >= 11 is 0. The normalized spacial score (nSPS) is 14.4. The summed E-state index contributed by atoms with van der Waals surface area (Å²) in [5.74, 6) is 0.935. The summed E-state index contributed by atoms with van der Waals surface area (Å²) in [6, 6.07) is 13.4. The topological polar surface area (TPSA) is 106 Å². The van der Waals surface area contributed by atoms with Crippen molar-refractivity contribution in [1.29, 1.82) is 0 Å². The van der Waals surface area contributed by atoms with Gasteiger partial charge in [0.1, 0.15) is 0 Å². The smallest absolute Gasteiger partial charge is 0.251 e. The molecule has 5 rings (SSSR count). The molecule has 2 amide bonds. The third kappa shape index (κ3) is 4.53. The summed E-state index contributed by atoms with van der Waals surface area (Å²) in [5.41, 5.74) is 4.36. The van der Waals surface area contributed by atoms with E-state index in [0.29, 0.717) is 30.4 Å². The van der Waals surface area contributed by atoms with E-state index in [-0.39, 0.29) is 24.3 Å². The van der Waals surface area contributed by atoms with Crippen molar-refractivity contribution in [3.8, 4) is 11.4 Å². The summed E-state index contributed by atoms with van der Waals surface area (Å²) < 4.78 is 7.45. The second kappa shape index (κ2) is 9.32. The Balaban J connectivity index is 1.17. The van der Waals surface area contributed by atoms with Gasteiger partial charge in [0.05, 0.1) is 17.8 Å². The van der Waals surface area contributed by atoms with Gasteiger partial charge >= 0.3 is 0 Å². The Morgan fingerprint density at radius 3 is 2.66 bits per heavy atom. The van der Waals surface area contributed by atoms with Crippen LogP contribution in [0, 0.1) is 13.8 Å². The van der Waals surface area contributed by atoms with Gasteiger partial charge in [0, 0.05) is 42.6 Å². The summed E-state index contributed by atoms with van der Waals surface area (Å²) in [5, 5.41) is 12.5. The van der Waals surface area contributed by atoms with Crippen LogP contribution in [0.25, 0.3) is 22.3 Å². The number of amides is 2. The third-order valence-electron chi connectivity index (χ3n) is 6.72. The van der Waals surface area contributed by atoms with Gasteiger partial charge in [-0.3, -0.25) is 14.3 Å². The highest BCUT2D eigenvalue weighted by atomic mass is 16.5. The van der Waals surface area contributed by atoms with E-state index in [1.807, 2.05) is 62.0 Å². The van der Waals surface area contributed by atoms with E-state index < -0.39 is 0 Å². The van der Waals surface area contributed by atoms with Crippen LogP contribution in [-0.2, 0) is 11.8 Å². The summed E-state index contributed by atoms with van der Waals surface area (Å²) in [4.78, 5) is 31.5. The highest BCUT2D eigenvalue weighted by molar-refractivity contribution is 5.97. The minimum absolute atomic E-state index is 0.0154. The molecule has 0 spiro atoms. The van der Waals surface area contributed by atoms with Crippen molar-refractivity contribution in [2.45, 2.75) is 32.6 Å². The van der Waals surface area contributed by atoms with E-state index in [1.54, 1.807) is 11.0 Å². The number of aryl methyl sites for hydroxylation is 3. The SMILES string of the molecule is Cc1ccccc1C(=O)NCC(=O)N1CCC(c2nc(-c3ccc4c(C)nn(C)c4c3)no2)CC1. The first-order valence-corrected chi connectivity index (χ1v) is 11.8. The number of carbonyl (C=O) groups excluding carboxylic acids is 2. The number of nitrogens with zero attached hydrogens (tertiary/aromatic N) is 5. The molecule has 2 aromatic carbocycles. The van der Waals surface area contributed by atoms with E-state index >= 15 is 0 Å². The Labute approximate surface area is 203 Å². The summed E-state index contributed by atoms with van der Waals surface area (Å²) in [7, 11) is 1.92. The van der Waals surface area contributed by atoms with Crippen molar-refractivity contribution in [1.82, 2.24) is 30.1 Å². The molecule has 0 atom stereocenters. The van der Waals surface area contributed by atoms with Gasteiger partial charge < -0.3 is 14.7 Å². The third-order valence-corrected chi connectivity index (χ3v) is 6.72. The molecule has 2 aromatic heterocycles. The zero-order valence-corrected chi connectivity index (χ0v) is 20.1. The summed E-state index contributed by atoms with van der Waals surface area (Å²) in [6.45, 7) is 5.02. The minimum Gasteiger partial charge on any atom is -0.343 e. The van der Waals surface area contributed by atoms with Crippen molar-refractivity contribution in [3.63, 3.8) is 0 Å². The molecule has 1 fully saturated rings. The number of carbonyl (C=O) groups is 2. The van der Waals surface area contributed by atoms with Crippen LogP contribution < -0.4 is 5.32 Å². The minimum atomic E-state index is -0.232. The number of rotatable bonds is 5. The molecule has 4 aromatic rings. The maximum Gasteiger partial charge on any atom is 0.251 e. The van der Waals surface area contributed by atoms with Crippen molar-refractivity contribution >= 4 is 22.7 Å². The number of hydrogen-bond donors (Lipinski definition) is 1. The molecule has 1 N–H and O–H groups in total. The number of hydrogen-bond acceptors (Lipinski definition) is 6. The highest BCUT2D eigenvalue weighted by Crippen LogP contribution is 2.30.